The maximum Gasteiger partial charge on any atom is 0.291 e. The van der Waals surface area contributed by atoms with Crippen LogP contribution >= 0.6 is 11.6 Å². The zero-order valence-electron chi connectivity index (χ0n) is 11.8. The third kappa shape index (κ3) is 4.34. The molecule has 0 saturated carbocycles. The van der Waals surface area contributed by atoms with Gasteiger partial charge in [-0.05, 0) is 43.3 Å². The molecule has 6 nitrogen and oxygen atoms in total. The van der Waals surface area contributed by atoms with Crippen molar-refractivity contribution in [2.24, 2.45) is 5.73 Å². The number of anilines is 2. The SMILES string of the molecule is NCCCC(=O)Nc1ccc(Cl)c(NC(=O)c2ccco2)c1. The van der Waals surface area contributed by atoms with Crippen molar-refractivity contribution in [1.82, 2.24) is 0 Å². The smallest absolute Gasteiger partial charge is 0.291 e. The van der Waals surface area contributed by atoms with Gasteiger partial charge in [0.25, 0.3) is 5.91 Å². The lowest BCUT2D eigenvalue weighted by Crippen LogP contribution is -2.14. The highest BCUT2D eigenvalue weighted by molar-refractivity contribution is 6.34. The maximum atomic E-state index is 11.9. The molecular weight excluding hydrogens is 306 g/mol. The highest BCUT2D eigenvalue weighted by Crippen LogP contribution is 2.26. The van der Waals surface area contributed by atoms with Gasteiger partial charge in [-0.2, -0.15) is 0 Å². The molecule has 1 heterocycles. The van der Waals surface area contributed by atoms with E-state index in [2.05, 4.69) is 10.6 Å². The molecule has 116 valence electrons. The number of carbonyl (C=O) groups is 2. The second-order valence-corrected chi connectivity index (χ2v) is 4.97. The maximum absolute atomic E-state index is 11.9. The highest BCUT2D eigenvalue weighted by Gasteiger charge is 2.12. The van der Waals surface area contributed by atoms with E-state index in [-0.39, 0.29) is 11.7 Å². The molecule has 2 rings (SSSR count). The second-order valence-electron chi connectivity index (χ2n) is 4.57. The van der Waals surface area contributed by atoms with Crippen LogP contribution in [0.25, 0.3) is 0 Å². The summed E-state index contributed by atoms with van der Waals surface area (Å²) in [6.07, 6.45) is 2.36. The van der Waals surface area contributed by atoms with Crippen LogP contribution in [0.1, 0.15) is 23.4 Å². The Hall–Kier alpha value is -2.31. The summed E-state index contributed by atoms with van der Waals surface area (Å²) in [5, 5.41) is 5.72. The molecule has 22 heavy (non-hydrogen) atoms. The topological polar surface area (TPSA) is 97.4 Å². The van der Waals surface area contributed by atoms with E-state index < -0.39 is 5.91 Å². The van der Waals surface area contributed by atoms with E-state index in [9.17, 15) is 9.59 Å². The molecule has 0 radical (unpaired) electrons. The lowest BCUT2D eigenvalue weighted by molar-refractivity contribution is -0.116. The Morgan fingerprint density at radius 2 is 2.05 bits per heavy atom. The van der Waals surface area contributed by atoms with Crippen molar-refractivity contribution in [3.05, 3.63) is 47.4 Å². The van der Waals surface area contributed by atoms with Crippen LogP contribution in [0.3, 0.4) is 0 Å². The minimum Gasteiger partial charge on any atom is -0.459 e. The van der Waals surface area contributed by atoms with Gasteiger partial charge in [0.1, 0.15) is 0 Å². The standard InChI is InChI=1S/C15H16ClN3O3/c16-11-6-5-10(18-14(20)4-1-7-17)9-12(11)19-15(21)13-3-2-8-22-13/h2-3,5-6,8-9H,1,4,7,17H2,(H,18,20)(H,19,21). The molecule has 0 aliphatic carbocycles. The first-order chi connectivity index (χ1) is 10.6. The van der Waals surface area contributed by atoms with Gasteiger partial charge in [0.05, 0.1) is 17.0 Å². The summed E-state index contributed by atoms with van der Waals surface area (Å²) in [6, 6.07) is 8.00. The Morgan fingerprint density at radius 3 is 2.73 bits per heavy atom. The average molecular weight is 322 g/mol. The molecule has 0 aliphatic rings. The molecule has 0 atom stereocenters. The van der Waals surface area contributed by atoms with Crippen LogP contribution in [-0.2, 0) is 4.79 Å². The number of rotatable bonds is 6. The first kappa shape index (κ1) is 16.1. The lowest BCUT2D eigenvalue weighted by atomic mass is 10.2. The van der Waals surface area contributed by atoms with Crippen LogP contribution in [0.4, 0.5) is 11.4 Å². The van der Waals surface area contributed by atoms with Gasteiger partial charge in [-0.1, -0.05) is 11.6 Å². The highest BCUT2D eigenvalue weighted by atomic mass is 35.5. The summed E-state index contributed by atoms with van der Waals surface area (Å²) in [6.45, 7) is 0.457. The fourth-order valence-electron chi connectivity index (χ4n) is 1.78. The van der Waals surface area contributed by atoms with Gasteiger partial charge < -0.3 is 20.8 Å². The van der Waals surface area contributed by atoms with E-state index >= 15 is 0 Å². The van der Waals surface area contributed by atoms with Gasteiger partial charge in [0.15, 0.2) is 5.76 Å². The van der Waals surface area contributed by atoms with Gasteiger partial charge in [0, 0.05) is 12.1 Å². The molecule has 0 bridgehead atoms. The van der Waals surface area contributed by atoms with Gasteiger partial charge in [-0.15, -0.1) is 0 Å². The summed E-state index contributed by atoms with van der Waals surface area (Å²) < 4.78 is 5.01. The van der Waals surface area contributed by atoms with Gasteiger partial charge >= 0.3 is 0 Å². The monoisotopic (exact) mass is 321 g/mol. The number of nitrogens with two attached hydrogens (primary N) is 1. The van der Waals surface area contributed by atoms with Crippen LogP contribution in [0.2, 0.25) is 5.02 Å². The van der Waals surface area contributed by atoms with Crippen molar-refractivity contribution < 1.29 is 14.0 Å². The quantitative estimate of drug-likeness (QED) is 0.762. The van der Waals surface area contributed by atoms with Crippen molar-refractivity contribution in [3.8, 4) is 0 Å². The zero-order chi connectivity index (χ0) is 15.9. The minimum atomic E-state index is -0.418. The molecule has 0 fully saturated rings. The van der Waals surface area contributed by atoms with Crippen molar-refractivity contribution in [1.29, 1.82) is 0 Å². The fourth-order valence-corrected chi connectivity index (χ4v) is 1.94. The number of halogens is 1. The van der Waals surface area contributed by atoms with Crippen LogP contribution < -0.4 is 16.4 Å². The molecule has 1 aromatic heterocycles. The summed E-state index contributed by atoms with van der Waals surface area (Å²) in [5.41, 5.74) is 6.29. The molecule has 0 unspecified atom stereocenters. The summed E-state index contributed by atoms with van der Waals surface area (Å²) in [4.78, 5) is 23.6. The van der Waals surface area contributed by atoms with E-state index in [1.54, 1.807) is 30.3 Å². The molecule has 0 aliphatic heterocycles. The molecule has 1 aromatic carbocycles. The molecule has 4 N–H and O–H groups in total. The van der Waals surface area contributed by atoms with Crippen molar-refractivity contribution >= 4 is 34.8 Å². The number of hydrogen-bond acceptors (Lipinski definition) is 4. The van der Waals surface area contributed by atoms with E-state index in [1.165, 1.54) is 6.26 Å². The number of amides is 2. The molecule has 0 spiro atoms. The third-order valence-corrected chi connectivity index (χ3v) is 3.18. The normalized spacial score (nSPS) is 10.3. The number of furan rings is 1. The average Bonchev–Trinajstić information content (AvgIpc) is 3.03. The Morgan fingerprint density at radius 1 is 1.23 bits per heavy atom. The first-order valence-electron chi connectivity index (χ1n) is 6.74. The molecule has 7 heteroatoms. The molecular formula is C15H16ClN3O3. The summed E-state index contributed by atoms with van der Waals surface area (Å²) in [7, 11) is 0. The molecule has 2 amide bonds. The van der Waals surface area contributed by atoms with E-state index in [0.29, 0.717) is 35.8 Å². The Labute approximate surface area is 132 Å². The predicted molar refractivity (Wildman–Crippen MR) is 85.0 cm³/mol. The Bertz CT molecular complexity index is 656. The number of nitrogens with one attached hydrogen (secondary N) is 2. The van der Waals surface area contributed by atoms with E-state index in [0.717, 1.165) is 0 Å². The zero-order valence-corrected chi connectivity index (χ0v) is 12.5. The molecule has 0 saturated heterocycles. The van der Waals surface area contributed by atoms with E-state index in [4.69, 9.17) is 21.8 Å². The fraction of sp³-hybridized carbons (Fsp3) is 0.200. The van der Waals surface area contributed by atoms with Gasteiger partial charge in [-0.25, -0.2) is 0 Å². The van der Waals surface area contributed by atoms with E-state index in [1.807, 2.05) is 0 Å². The van der Waals surface area contributed by atoms with Crippen molar-refractivity contribution in [2.45, 2.75) is 12.8 Å². The Balaban J connectivity index is 2.06. The number of hydrogen-bond donors (Lipinski definition) is 3. The largest absolute Gasteiger partial charge is 0.459 e. The Kier molecular flexibility index (Phi) is 5.57. The van der Waals surface area contributed by atoms with Crippen molar-refractivity contribution in [2.75, 3.05) is 17.2 Å². The number of carbonyl (C=O) groups excluding carboxylic acids is 2. The van der Waals surface area contributed by atoms with Crippen LogP contribution in [-0.4, -0.2) is 18.4 Å². The van der Waals surface area contributed by atoms with Crippen LogP contribution in [0.5, 0.6) is 0 Å². The van der Waals surface area contributed by atoms with Crippen LogP contribution in [0.15, 0.2) is 41.0 Å². The summed E-state index contributed by atoms with van der Waals surface area (Å²) >= 11 is 6.05. The van der Waals surface area contributed by atoms with Crippen molar-refractivity contribution in [3.63, 3.8) is 0 Å². The molecule has 2 aromatic rings. The lowest BCUT2D eigenvalue weighted by Gasteiger charge is -2.10. The number of benzene rings is 1. The second kappa shape index (κ2) is 7.63. The van der Waals surface area contributed by atoms with Gasteiger partial charge in [-0.3, -0.25) is 9.59 Å². The first-order valence-corrected chi connectivity index (χ1v) is 7.12. The minimum absolute atomic E-state index is 0.143. The predicted octanol–water partition coefficient (Wildman–Crippen LogP) is 2.86. The third-order valence-electron chi connectivity index (χ3n) is 2.85. The van der Waals surface area contributed by atoms with Gasteiger partial charge in [0.2, 0.25) is 5.91 Å². The van der Waals surface area contributed by atoms with Crippen LogP contribution in [0, 0.1) is 0 Å². The summed E-state index contributed by atoms with van der Waals surface area (Å²) in [5.74, 6) is -0.386.